The lowest BCUT2D eigenvalue weighted by molar-refractivity contribution is -0.189. The fourth-order valence-electron chi connectivity index (χ4n) is 2.41. The van der Waals surface area contributed by atoms with Crippen LogP contribution in [0.5, 0.6) is 0 Å². The molecular weight excluding hydrogens is 260 g/mol. The summed E-state index contributed by atoms with van der Waals surface area (Å²) in [6, 6.07) is 1.59. The average molecular weight is 276 g/mol. The van der Waals surface area contributed by atoms with E-state index >= 15 is 0 Å². The van der Waals surface area contributed by atoms with Gasteiger partial charge >= 0.3 is 0 Å². The molecule has 3 rings (SSSR count). The van der Waals surface area contributed by atoms with Gasteiger partial charge in [0.15, 0.2) is 17.8 Å². The largest absolute Gasteiger partial charge is 0.454 e. The Morgan fingerprint density at radius 2 is 2.05 bits per heavy atom. The van der Waals surface area contributed by atoms with Crippen LogP contribution in [0.4, 0.5) is 0 Å². The van der Waals surface area contributed by atoms with Crippen molar-refractivity contribution >= 4 is 11.6 Å². The minimum Gasteiger partial charge on any atom is -0.454 e. The zero-order valence-electron chi connectivity index (χ0n) is 11.3. The Morgan fingerprint density at radius 3 is 2.75 bits per heavy atom. The van der Waals surface area contributed by atoms with Crippen LogP contribution in [-0.2, 0) is 9.47 Å². The molecular formula is C15H16O5. The molecule has 2 aliphatic rings. The first-order valence-corrected chi connectivity index (χ1v) is 6.82. The standard InChI is InChI=1S/C15H16O5/c1-9(19-14-4-2-3-7-18-14)13-8-10-11(16)5-6-12(17)15(10)20-13/h5-6,8-9,14H,2-4,7H2,1H3. The molecule has 20 heavy (non-hydrogen) atoms. The molecule has 2 heterocycles. The molecule has 1 aliphatic carbocycles. The third-order valence-electron chi connectivity index (χ3n) is 3.52. The Hall–Kier alpha value is -1.72. The molecule has 5 nitrogen and oxygen atoms in total. The van der Waals surface area contributed by atoms with Crippen LogP contribution >= 0.6 is 0 Å². The van der Waals surface area contributed by atoms with E-state index in [1.165, 1.54) is 12.2 Å². The maximum absolute atomic E-state index is 11.7. The van der Waals surface area contributed by atoms with Gasteiger partial charge in [-0.2, -0.15) is 0 Å². The summed E-state index contributed by atoms with van der Waals surface area (Å²) in [5.74, 6) is 0.0877. The number of allylic oxidation sites excluding steroid dienone is 2. The van der Waals surface area contributed by atoms with Gasteiger partial charge in [-0.25, -0.2) is 0 Å². The highest BCUT2D eigenvalue weighted by Crippen LogP contribution is 2.29. The molecule has 1 aromatic rings. The molecule has 0 spiro atoms. The van der Waals surface area contributed by atoms with E-state index in [9.17, 15) is 9.59 Å². The van der Waals surface area contributed by atoms with Gasteiger partial charge in [-0.1, -0.05) is 0 Å². The lowest BCUT2D eigenvalue weighted by Crippen LogP contribution is -2.23. The van der Waals surface area contributed by atoms with Crippen molar-refractivity contribution in [2.75, 3.05) is 6.61 Å². The second-order valence-corrected chi connectivity index (χ2v) is 5.03. The van der Waals surface area contributed by atoms with E-state index in [1.807, 2.05) is 6.92 Å². The van der Waals surface area contributed by atoms with Gasteiger partial charge in [-0.05, 0) is 44.4 Å². The Labute approximate surface area is 116 Å². The third kappa shape index (κ3) is 2.46. The molecule has 1 aromatic heterocycles. The molecule has 106 valence electrons. The normalized spacial score (nSPS) is 23.8. The minimum atomic E-state index is -0.357. The topological polar surface area (TPSA) is 65.7 Å². The van der Waals surface area contributed by atoms with Gasteiger partial charge in [0.25, 0.3) is 0 Å². The number of fused-ring (bicyclic) bond motifs is 1. The van der Waals surface area contributed by atoms with E-state index < -0.39 is 0 Å². The third-order valence-corrected chi connectivity index (χ3v) is 3.52. The number of hydrogen-bond donors (Lipinski definition) is 0. The second kappa shape index (κ2) is 5.34. The molecule has 0 bridgehead atoms. The Morgan fingerprint density at radius 1 is 1.25 bits per heavy atom. The molecule has 2 atom stereocenters. The lowest BCUT2D eigenvalue weighted by Gasteiger charge is -2.25. The summed E-state index contributed by atoms with van der Waals surface area (Å²) in [6.07, 6.45) is 4.87. The van der Waals surface area contributed by atoms with Crippen molar-refractivity contribution in [3.63, 3.8) is 0 Å². The fourth-order valence-corrected chi connectivity index (χ4v) is 2.41. The van der Waals surface area contributed by atoms with Crippen molar-refractivity contribution < 1.29 is 23.5 Å². The number of carbonyl (C=O) groups is 2. The first-order valence-electron chi connectivity index (χ1n) is 6.82. The zero-order valence-corrected chi connectivity index (χ0v) is 11.3. The van der Waals surface area contributed by atoms with E-state index in [4.69, 9.17) is 13.9 Å². The van der Waals surface area contributed by atoms with Crippen LogP contribution in [-0.4, -0.2) is 24.5 Å². The summed E-state index contributed by atoms with van der Waals surface area (Å²) in [6.45, 7) is 2.53. The van der Waals surface area contributed by atoms with Gasteiger partial charge in [0, 0.05) is 6.61 Å². The van der Waals surface area contributed by atoms with Crippen molar-refractivity contribution in [3.05, 3.63) is 35.3 Å². The van der Waals surface area contributed by atoms with Crippen LogP contribution in [0.15, 0.2) is 22.6 Å². The van der Waals surface area contributed by atoms with Gasteiger partial charge in [-0.3, -0.25) is 9.59 Å². The predicted octanol–water partition coefficient (Wildman–Crippen LogP) is 2.82. The summed E-state index contributed by atoms with van der Waals surface area (Å²) < 4.78 is 16.8. The highest BCUT2D eigenvalue weighted by Gasteiger charge is 2.27. The molecule has 1 saturated heterocycles. The number of furan rings is 1. The number of hydrogen-bond acceptors (Lipinski definition) is 5. The maximum Gasteiger partial charge on any atom is 0.221 e. The van der Waals surface area contributed by atoms with Crippen LogP contribution < -0.4 is 0 Å². The number of carbonyl (C=O) groups excluding carboxylic acids is 2. The Bertz CT molecular complexity index is 527. The summed E-state index contributed by atoms with van der Waals surface area (Å²) in [4.78, 5) is 23.4. The summed E-state index contributed by atoms with van der Waals surface area (Å²) >= 11 is 0. The van der Waals surface area contributed by atoms with Gasteiger partial charge in [0.1, 0.15) is 11.9 Å². The molecule has 0 amide bonds. The molecule has 5 heteroatoms. The van der Waals surface area contributed by atoms with E-state index in [0.717, 1.165) is 19.3 Å². The monoisotopic (exact) mass is 276 g/mol. The van der Waals surface area contributed by atoms with E-state index in [-0.39, 0.29) is 29.7 Å². The second-order valence-electron chi connectivity index (χ2n) is 5.03. The summed E-state index contributed by atoms with van der Waals surface area (Å²) in [5, 5.41) is 0. The molecule has 0 radical (unpaired) electrons. The van der Waals surface area contributed by atoms with Gasteiger partial charge in [0.05, 0.1) is 5.56 Å². The number of rotatable bonds is 3. The maximum atomic E-state index is 11.7. The van der Waals surface area contributed by atoms with Gasteiger partial charge in [-0.15, -0.1) is 0 Å². The molecule has 0 N–H and O–H groups in total. The average Bonchev–Trinajstić information content (AvgIpc) is 2.91. The van der Waals surface area contributed by atoms with Crippen molar-refractivity contribution in [1.82, 2.24) is 0 Å². The fraction of sp³-hybridized carbons (Fsp3) is 0.467. The quantitative estimate of drug-likeness (QED) is 0.849. The predicted molar refractivity (Wildman–Crippen MR) is 69.6 cm³/mol. The van der Waals surface area contributed by atoms with Crippen LogP contribution in [0.1, 0.15) is 59.0 Å². The summed E-state index contributed by atoms with van der Waals surface area (Å²) in [5.41, 5.74) is 0.313. The van der Waals surface area contributed by atoms with Crippen molar-refractivity contribution in [3.8, 4) is 0 Å². The van der Waals surface area contributed by atoms with Crippen LogP contribution in [0.25, 0.3) is 0 Å². The van der Waals surface area contributed by atoms with Crippen molar-refractivity contribution in [2.45, 2.75) is 38.6 Å². The van der Waals surface area contributed by atoms with E-state index in [1.54, 1.807) is 6.07 Å². The Balaban J connectivity index is 1.76. The highest BCUT2D eigenvalue weighted by molar-refractivity contribution is 6.20. The lowest BCUT2D eigenvalue weighted by atomic mass is 10.0. The SMILES string of the molecule is CC(OC1CCCCO1)c1cc2c(o1)C(=O)C=CC2=O. The van der Waals surface area contributed by atoms with Crippen molar-refractivity contribution in [2.24, 2.45) is 0 Å². The van der Waals surface area contributed by atoms with Gasteiger partial charge < -0.3 is 13.9 Å². The molecule has 1 aliphatic heterocycles. The number of ketones is 2. The highest BCUT2D eigenvalue weighted by atomic mass is 16.7. The van der Waals surface area contributed by atoms with Crippen molar-refractivity contribution in [1.29, 1.82) is 0 Å². The summed E-state index contributed by atoms with van der Waals surface area (Å²) in [7, 11) is 0. The van der Waals surface area contributed by atoms with Crippen LogP contribution in [0.2, 0.25) is 0 Å². The van der Waals surface area contributed by atoms with Crippen LogP contribution in [0.3, 0.4) is 0 Å². The Kier molecular flexibility index (Phi) is 3.54. The number of ether oxygens (including phenoxy) is 2. The molecule has 1 fully saturated rings. The zero-order chi connectivity index (χ0) is 14.1. The smallest absolute Gasteiger partial charge is 0.221 e. The van der Waals surface area contributed by atoms with Gasteiger partial charge in [0.2, 0.25) is 5.78 Å². The molecule has 2 unspecified atom stereocenters. The first kappa shape index (κ1) is 13.3. The first-order chi connectivity index (χ1) is 9.65. The molecule has 0 saturated carbocycles. The van der Waals surface area contributed by atoms with E-state index in [2.05, 4.69) is 0 Å². The van der Waals surface area contributed by atoms with Crippen LogP contribution in [0, 0.1) is 0 Å². The molecule has 0 aromatic carbocycles. The van der Waals surface area contributed by atoms with E-state index in [0.29, 0.717) is 17.9 Å². The minimum absolute atomic E-state index is 0.104.